The molecular formula is C24H22Cl2FN7O. The number of fused-ring (bicyclic) bond motifs is 2. The molecule has 0 saturated heterocycles. The molecule has 0 saturated carbocycles. The lowest BCUT2D eigenvalue weighted by atomic mass is 9.83. The van der Waals surface area contributed by atoms with Crippen LogP contribution in [0.4, 0.5) is 21.8 Å². The fourth-order valence-electron chi connectivity index (χ4n) is 4.40. The Morgan fingerprint density at radius 2 is 1.86 bits per heavy atom. The van der Waals surface area contributed by atoms with Crippen molar-refractivity contribution in [2.75, 3.05) is 24.6 Å². The number of likely N-dealkylation sites (N-methyl/N-ethyl adjacent to an activating group) is 1. The fourth-order valence-corrected chi connectivity index (χ4v) is 5.03. The zero-order valence-electron chi connectivity index (χ0n) is 19.2. The van der Waals surface area contributed by atoms with E-state index in [9.17, 15) is 9.18 Å². The van der Waals surface area contributed by atoms with Crippen LogP contribution in [0.1, 0.15) is 25.0 Å². The molecule has 5 rings (SSSR count). The molecule has 35 heavy (non-hydrogen) atoms. The minimum absolute atomic E-state index is 0.0120. The molecule has 0 unspecified atom stereocenters. The van der Waals surface area contributed by atoms with Gasteiger partial charge in [-0.25, -0.2) is 18.7 Å². The van der Waals surface area contributed by atoms with E-state index in [1.54, 1.807) is 0 Å². The third kappa shape index (κ3) is 3.99. The van der Waals surface area contributed by atoms with Gasteiger partial charge in [0, 0.05) is 24.0 Å². The Balaban J connectivity index is 1.52. The molecule has 0 aliphatic carbocycles. The highest BCUT2D eigenvalue weighted by Crippen LogP contribution is 2.36. The minimum atomic E-state index is -0.754. The monoisotopic (exact) mass is 513 g/mol. The fraction of sp³-hybridized carbons (Fsp3) is 0.250. The van der Waals surface area contributed by atoms with E-state index < -0.39 is 11.5 Å². The molecule has 0 fully saturated rings. The van der Waals surface area contributed by atoms with Gasteiger partial charge in [0.15, 0.2) is 5.65 Å². The van der Waals surface area contributed by atoms with Gasteiger partial charge in [-0.1, -0.05) is 29.3 Å². The average molecular weight is 514 g/mol. The van der Waals surface area contributed by atoms with Crippen LogP contribution in [-0.4, -0.2) is 38.0 Å². The molecule has 0 bridgehead atoms. The van der Waals surface area contributed by atoms with Crippen molar-refractivity contribution < 1.29 is 4.39 Å². The van der Waals surface area contributed by atoms with Crippen LogP contribution in [0.25, 0.3) is 16.7 Å². The number of aromatic nitrogens is 4. The average Bonchev–Trinajstić information content (AvgIpc) is 2.78. The second-order valence-corrected chi connectivity index (χ2v) is 9.81. The number of nitrogens with one attached hydrogen (secondary N) is 1. The van der Waals surface area contributed by atoms with Gasteiger partial charge in [-0.05, 0) is 62.7 Å². The molecule has 0 atom stereocenters. The van der Waals surface area contributed by atoms with Gasteiger partial charge >= 0.3 is 5.69 Å². The summed E-state index contributed by atoms with van der Waals surface area (Å²) < 4.78 is 14.6. The smallest absolute Gasteiger partial charge is 0.355 e. The Bertz CT molecular complexity index is 1530. The van der Waals surface area contributed by atoms with Crippen molar-refractivity contribution in [2.24, 2.45) is 0 Å². The van der Waals surface area contributed by atoms with Gasteiger partial charge in [-0.3, -0.25) is 4.90 Å². The van der Waals surface area contributed by atoms with Crippen LogP contribution in [0.2, 0.25) is 10.0 Å². The van der Waals surface area contributed by atoms with Crippen molar-refractivity contribution in [1.82, 2.24) is 24.4 Å². The molecule has 8 nitrogen and oxygen atoms in total. The van der Waals surface area contributed by atoms with Crippen molar-refractivity contribution in [3.63, 3.8) is 0 Å². The van der Waals surface area contributed by atoms with Crippen molar-refractivity contribution in [3.8, 4) is 5.69 Å². The molecule has 11 heteroatoms. The summed E-state index contributed by atoms with van der Waals surface area (Å²) in [5.74, 6) is -0.380. The van der Waals surface area contributed by atoms with E-state index in [1.165, 1.54) is 17.3 Å². The van der Waals surface area contributed by atoms with Gasteiger partial charge in [0.1, 0.15) is 11.6 Å². The molecule has 180 valence electrons. The molecule has 2 aromatic heterocycles. The summed E-state index contributed by atoms with van der Waals surface area (Å²) in [5.41, 5.74) is 8.96. The van der Waals surface area contributed by atoms with E-state index in [0.29, 0.717) is 5.39 Å². The minimum Gasteiger partial charge on any atom is -0.384 e. The maximum Gasteiger partial charge on any atom is 0.355 e. The van der Waals surface area contributed by atoms with Crippen LogP contribution in [-0.2, 0) is 12.0 Å². The van der Waals surface area contributed by atoms with E-state index in [1.807, 2.05) is 6.07 Å². The Morgan fingerprint density at radius 3 is 2.57 bits per heavy atom. The number of anilines is 3. The van der Waals surface area contributed by atoms with Gasteiger partial charge in [0.05, 0.1) is 21.1 Å². The van der Waals surface area contributed by atoms with Crippen molar-refractivity contribution in [1.29, 1.82) is 0 Å². The van der Waals surface area contributed by atoms with E-state index >= 15 is 0 Å². The standard InChI is InChI=1S/C24H22Cl2FN7O/c1-24(2)16-5-4-14(8-12(16)6-7-33(24)3)30-22-29-11-15-20(28)34(23(35)32-21(15)31-22)19-17(25)9-13(27)10-18(19)26/h4-5,8-11H,6-7,28H2,1-3H3,(H,30,31,32,35). The molecule has 1 aliphatic heterocycles. The van der Waals surface area contributed by atoms with Crippen LogP contribution in [0.5, 0.6) is 0 Å². The first-order valence-corrected chi connectivity index (χ1v) is 11.6. The quantitative estimate of drug-likeness (QED) is 0.410. The number of halogens is 3. The number of hydrogen-bond donors (Lipinski definition) is 2. The van der Waals surface area contributed by atoms with Gasteiger partial charge in [0.25, 0.3) is 0 Å². The van der Waals surface area contributed by atoms with Crippen molar-refractivity contribution in [2.45, 2.75) is 25.8 Å². The zero-order valence-corrected chi connectivity index (χ0v) is 20.7. The predicted octanol–water partition coefficient (Wildman–Crippen LogP) is 4.67. The second kappa shape index (κ2) is 8.44. The summed E-state index contributed by atoms with van der Waals surface area (Å²) in [5, 5.41) is 3.35. The number of rotatable bonds is 3. The Kier molecular flexibility index (Phi) is 5.66. The summed E-state index contributed by atoms with van der Waals surface area (Å²) in [6.07, 6.45) is 2.40. The summed E-state index contributed by atoms with van der Waals surface area (Å²) in [4.78, 5) is 27.9. The summed E-state index contributed by atoms with van der Waals surface area (Å²) in [6, 6.07) is 8.27. The molecule has 2 aromatic carbocycles. The van der Waals surface area contributed by atoms with Crippen LogP contribution in [0, 0.1) is 5.82 Å². The van der Waals surface area contributed by atoms with Gasteiger partial charge in [0.2, 0.25) is 5.95 Å². The molecule has 0 radical (unpaired) electrons. The SMILES string of the molecule is CN1CCc2cc(Nc3ncc4c(N)n(-c5c(Cl)cc(F)cc5Cl)c(=O)nc4n3)ccc2C1(C)C. The van der Waals surface area contributed by atoms with E-state index in [4.69, 9.17) is 28.9 Å². The molecule has 3 N–H and O–H groups in total. The van der Waals surface area contributed by atoms with Crippen LogP contribution < -0.4 is 16.7 Å². The predicted molar refractivity (Wildman–Crippen MR) is 136 cm³/mol. The van der Waals surface area contributed by atoms with Crippen molar-refractivity contribution >= 4 is 51.7 Å². The zero-order chi connectivity index (χ0) is 25.1. The Morgan fingerprint density at radius 1 is 1.14 bits per heavy atom. The Labute approximate surface area is 210 Å². The van der Waals surface area contributed by atoms with Gasteiger partial charge in [-0.15, -0.1) is 0 Å². The van der Waals surface area contributed by atoms with Crippen LogP contribution in [0.15, 0.2) is 41.3 Å². The lowest BCUT2D eigenvalue weighted by Crippen LogP contribution is -2.43. The van der Waals surface area contributed by atoms with Crippen LogP contribution in [0.3, 0.4) is 0 Å². The maximum atomic E-state index is 13.6. The first kappa shape index (κ1) is 23.5. The van der Waals surface area contributed by atoms with Gasteiger partial charge in [-0.2, -0.15) is 9.97 Å². The van der Waals surface area contributed by atoms with Crippen LogP contribution >= 0.6 is 23.2 Å². The van der Waals surface area contributed by atoms with E-state index in [0.717, 1.165) is 35.4 Å². The Hall–Kier alpha value is -3.27. The van der Waals surface area contributed by atoms with Crippen molar-refractivity contribution in [3.05, 3.63) is 74.0 Å². The second-order valence-electron chi connectivity index (χ2n) is 8.99. The summed E-state index contributed by atoms with van der Waals surface area (Å²) in [6.45, 7) is 5.38. The molecule has 1 aliphatic rings. The first-order chi connectivity index (χ1) is 16.6. The molecule has 3 heterocycles. The largest absolute Gasteiger partial charge is 0.384 e. The van der Waals surface area contributed by atoms with E-state index in [2.05, 4.69) is 58.2 Å². The summed E-state index contributed by atoms with van der Waals surface area (Å²) >= 11 is 12.3. The highest BCUT2D eigenvalue weighted by molar-refractivity contribution is 6.37. The summed E-state index contributed by atoms with van der Waals surface area (Å²) in [7, 11) is 2.13. The molecule has 0 spiro atoms. The normalized spacial score (nSPS) is 15.3. The lowest BCUT2D eigenvalue weighted by Gasteiger charge is -2.41. The maximum absolute atomic E-state index is 13.6. The van der Waals surface area contributed by atoms with Gasteiger partial charge < -0.3 is 11.1 Å². The highest BCUT2D eigenvalue weighted by atomic mass is 35.5. The molecular weight excluding hydrogens is 492 g/mol. The number of benzene rings is 2. The number of nitrogens with zero attached hydrogens (tertiary/aromatic N) is 5. The third-order valence-corrected chi connectivity index (χ3v) is 7.15. The molecule has 4 aromatic rings. The highest BCUT2D eigenvalue weighted by Gasteiger charge is 2.31. The number of hydrogen-bond acceptors (Lipinski definition) is 7. The third-order valence-electron chi connectivity index (χ3n) is 6.57. The first-order valence-electron chi connectivity index (χ1n) is 10.9. The lowest BCUT2D eigenvalue weighted by molar-refractivity contribution is 0.143. The number of nitrogens with two attached hydrogens (primary N) is 1. The number of nitrogen functional groups attached to an aromatic ring is 1. The topological polar surface area (TPSA) is 102 Å². The molecule has 0 amide bonds. The van der Waals surface area contributed by atoms with E-state index in [-0.39, 0.29) is 38.7 Å².